The highest BCUT2D eigenvalue weighted by molar-refractivity contribution is 14.1. The molecule has 5 aromatic rings. The molecule has 4 heterocycles. The number of aromatic nitrogens is 4. The summed E-state index contributed by atoms with van der Waals surface area (Å²) in [7, 11) is 2.11. The molecule has 0 saturated carbocycles. The van der Waals surface area contributed by atoms with Gasteiger partial charge in [-0.25, -0.2) is 52.7 Å². The van der Waals surface area contributed by atoms with Crippen molar-refractivity contribution in [1.29, 1.82) is 21.0 Å². The molecule has 0 radical (unpaired) electrons. The molecule has 0 aliphatic heterocycles. The molecule has 4 aromatic heterocycles. The Kier molecular flexibility index (Phi) is 56.5. The topological polar surface area (TPSA) is 702 Å². The minimum atomic E-state index is -4.21. The van der Waals surface area contributed by atoms with Gasteiger partial charge in [-0.15, -0.1) is 0 Å². The highest BCUT2D eigenvalue weighted by Gasteiger charge is 2.32. The number of hydrogen-bond acceptors (Lipinski definition) is 49. The average Bonchev–Trinajstić information content (AvgIpc) is 1.38. The molecule has 131 heavy (non-hydrogen) atoms. The standard InChI is InChI=1S/C14H16N2O5S.C10H12INO4S.C10H15N3O4S.C10H14N2O4S.C9H12N2O4S.C7H10N2O3.C7H11NO2.C6H4INO4S.C3H6O2S/c1-10-5-7-11(8-6-10)22(18,19)21-16-12(9-15)13(17)20-14(2,3)4;1-10(2,3)16-8(13)6-5(11)7(17-12-6)9(14)15-4;1-10(2,3)17-9(15)12-7-5(11)6(18-13-7)8(14)16-4;1-10(2,3)16-8(13)6-5(11)7(17-12-6)9(14)15-4;1-9(2,3)15-8(14)6(4-10)11-16-5-7(12)13;1-7(2,3)12-6(10)5(4-8)9-11;1-7(2,3)10-6(9)4-5-8;1-12-6(11)4-2(7)3(5(9)10)8-13-4;1-5-3(4)2-6/h5-8H,1-4H3;1-4H3;11H2,1-4H3,(H,12,13,15);11H2,1-4H3;5H2,1-3H3,(H,12,13);11H,1-3H3;4H2,1-3H3;1H3,(H,9,10);6H,2H2,1H3/b16-12+;;;;;9-5+;;;. The van der Waals surface area contributed by atoms with Crippen LogP contribution >= 0.6 is 116 Å². The molecule has 1 aromatic carbocycles. The Bertz CT molecular complexity index is 5090. The molecule has 0 spiro atoms. The Morgan fingerprint density at radius 3 is 1.18 bits per heavy atom. The van der Waals surface area contributed by atoms with E-state index in [1.807, 2.05) is 22.6 Å². The Morgan fingerprint density at radius 2 is 0.832 bits per heavy atom. The summed E-state index contributed by atoms with van der Waals surface area (Å²) in [6.45, 7) is 37.5. The number of carboxylic acid groups (broad SMARTS) is 2. The zero-order valence-corrected chi connectivity index (χ0v) is 85.9. The van der Waals surface area contributed by atoms with Crippen molar-refractivity contribution >= 4 is 244 Å². The van der Waals surface area contributed by atoms with Gasteiger partial charge in [0.15, 0.2) is 32.7 Å². The number of nitrogens with zero attached hydrogens (tertiary/aromatic N) is 11. The Hall–Kier alpha value is -11.6. The monoisotopic (exact) mass is 2200 g/mol. The van der Waals surface area contributed by atoms with Gasteiger partial charge in [0.05, 0.1) is 60.2 Å². The number of methoxy groups -OCH3 is 5. The van der Waals surface area contributed by atoms with Crippen LogP contribution in [0.3, 0.4) is 0 Å². The van der Waals surface area contributed by atoms with Crippen LogP contribution in [-0.2, 0) is 100 Å². The summed E-state index contributed by atoms with van der Waals surface area (Å²) in [5, 5.41) is 66.8. The molecule has 46 nitrogen and oxygen atoms in total. The van der Waals surface area contributed by atoms with E-state index >= 15 is 0 Å². The first-order chi connectivity index (χ1) is 59.8. The number of amides is 1. The number of nitrogens with one attached hydrogen (secondary N) is 1. The third-order valence-corrected chi connectivity index (χ3v) is 19.5. The van der Waals surface area contributed by atoms with Gasteiger partial charge in [0, 0.05) is 0 Å². The summed E-state index contributed by atoms with van der Waals surface area (Å²) in [5.74, 6) is -9.32. The Morgan fingerprint density at radius 1 is 0.481 bits per heavy atom. The lowest BCUT2D eigenvalue weighted by molar-refractivity contribution is -0.153. The minimum Gasteiger partial charge on any atom is -0.481 e. The van der Waals surface area contributed by atoms with E-state index in [0.717, 1.165) is 51.7 Å². The molecule has 5 rings (SSSR count). The van der Waals surface area contributed by atoms with Crippen molar-refractivity contribution in [3.8, 4) is 24.3 Å². The van der Waals surface area contributed by atoms with Crippen molar-refractivity contribution < 1.29 is 152 Å². The van der Waals surface area contributed by atoms with Crippen molar-refractivity contribution in [3.63, 3.8) is 0 Å². The second kappa shape index (κ2) is 58.9. The lowest BCUT2D eigenvalue weighted by Gasteiger charge is -2.19. The molecule has 0 aliphatic rings. The molecular weight excluding hydrogens is 2100 g/mol. The van der Waals surface area contributed by atoms with E-state index in [0.29, 0.717) is 24.0 Å². The largest absolute Gasteiger partial charge is 0.481 e. The van der Waals surface area contributed by atoms with Crippen LogP contribution in [0.2, 0.25) is 0 Å². The van der Waals surface area contributed by atoms with E-state index < -0.39 is 144 Å². The maximum Gasteiger partial charge on any atom is 0.413 e. The van der Waals surface area contributed by atoms with Gasteiger partial charge in [0.1, 0.15) is 89.9 Å². The number of hydrogen-bond donors (Lipinski definition) is 7. The number of nitriles is 4. The maximum absolute atomic E-state index is 11.9. The zero-order chi connectivity index (χ0) is 103. The van der Waals surface area contributed by atoms with Crippen LogP contribution in [0.15, 0.2) is 43.9 Å². The van der Waals surface area contributed by atoms with Crippen molar-refractivity contribution in [3.05, 3.63) is 73.6 Å². The number of carbonyl (C=O) groups excluding carboxylic acids is 12. The van der Waals surface area contributed by atoms with Crippen molar-refractivity contribution in [2.75, 3.05) is 63.8 Å². The number of aliphatic carboxylic acids is 1. The van der Waals surface area contributed by atoms with Crippen LogP contribution in [-0.4, -0.2) is 228 Å². The number of carboxylic acids is 2. The van der Waals surface area contributed by atoms with E-state index in [1.54, 1.807) is 199 Å². The first-order valence-electron chi connectivity index (χ1n) is 36.0. The highest BCUT2D eigenvalue weighted by atomic mass is 127. The number of anilines is 3. The predicted octanol–water partition coefficient (Wildman–Crippen LogP) is 12.0. The number of thiol groups is 1. The number of aromatic carboxylic acids is 1. The number of ether oxygens (including phenoxy) is 12. The number of aryl methyl sites for hydroxylation is 1. The van der Waals surface area contributed by atoms with Gasteiger partial charge < -0.3 is 83.7 Å². The molecular formula is C76H100I2N14O32S7. The van der Waals surface area contributed by atoms with Crippen LogP contribution in [0.4, 0.5) is 22.0 Å². The molecule has 0 atom stereocenters. The average molecular weight is 2200 g/mol. The van der Waals surface area contributed by atoms with E-state index in [4.69, 9.17) is 81.1 Å². The van der Waals surface area contributed by atoms with Crippen LogP contribution in [0, 0.1) is 59.4 Å². The van der Waals surface area contributed by atoms with Gasteiger partial charge in [-0.05, 0) is 273 Å². The molecule has 0 aliphatic carbocycles. The summed E-state index contributed by atoms with van der Waals surface area (Å²) < 4.78 is 105. The van der Waals surface area contributed by atoms with Gasteiger partial charge in [-0.2, -0.15) is 64.0 Å². The SMILES string of the molecule is CC(C)(C)OC(=O)/C(C#N)=N/O.CC(C)(C)OC(=O)C(C#N)=NSCC(=O)O.CC(C)(C)OC(=O)CC#N.COC(=O)CS.COC(=O)c1snc(C(=O)O)c1I.COC(=O)c1snc(C(=O)OC(C)(C)C)c1I.COC(=O)c1snc(C(=O)OC(C)(C)C)c1N.COC(=O)c1snc(NC(=O)OC(C)(C)C)c1N.Cc1ccc(S(=O)(=O)O/N=C(\C#N)C(=O)OC(C)(C)C)cc1. The smallest absolute Gasteiger partial charge is 0.413 e. The number of esters is 11. The molecule has 0 bridgehead atoms. The van der Waals surface area contributed by atoms with Crippen molar-refractivity contribution in [2.45, 2.75) is 203 Å². The van der Waals surface area contributed by atoms with Crippen LogP contribution in [0.25, 0.3) is 0 Å². The van der Waals surface area contributed by atoms with Crippen LogP contribution < -0.4 is 16.8 Å². The fourth-order valence-electron chi connectivity index (χ4n) is 6.41. The number of nitrogens with two attached hydrogens (primary N) is 2. The lowest BCUT2D eigenvalue weighted by atomic mass is 10.2. The number of nitrogen functional groups attached to an aromatic ring is 2. The maximum atomic E-state index is 11.9. The van der Waals surface area contributed by atoms with Crippen LogP contribution in [0.1, 0.15) is 228 Å². The molecule has 1 amide bonds. The fourth-order valence-corrected chi connectivity index (χ4v) is 12.5. The van der Waals surface area contributed by atoms with E-state index in [-0.39, 0.29) is 77.7 Å². The summed E-state index contributed by atoms with van der Waals surface area (Å²) >= 11 is 11.3. The summed E-state index contributed by atoms with van der Waals surface area (Å²) in [6, 6.07) is 11.9. The molecule has 8 N–H and O–H groups in total. The number of rotatable bonds is 19. The molecule has 55 heteroatoms. The molecule has 0 saturated heterocycles. The first-order valence-corrected chi connectivity index (χ1v) is 44.3. The highest BCUT2D eigenvalue weighted by Crippen LogP contribution is 2.30. The quantitative estimate of drug-likeness (QED) is 0.00590. The van der Waals surface area contributed by atoms with Crippen molar-refractivity contribution in [1.82, 2.24) is 17.5 Å². The third kappa shape index (κ3) is 55.2. The second-order valence-electron chi connectivity index (χ2n) is 30.6. The molecule has 0 unspecified atom stereocenters. The van der Waals surface area contributed by atoms with E-state index in [2.05, 4.69) is 78.1 Å². The van der Waals surface area contributed by atoms with Crippen molar-refractivity contribution in [2.24, 2.45) is 14.7 Å². The Labute approximate surface area is 807 Å². The second-order valence-corrected chi connectivity index (χ2v) is 38.5. The first kappa shape index (κ1) is 126. The number of halogens is 2. The minimum absolute atomic E-state index is 0.00361. The third-order valence-electron chi connectivity index (χ3n) is 11.3. The lowest BCUT2D eigenvalue weighted by Crippen LogP contribution is -2.28. The summed E-state index contributed by atoms with van der Waals surface area (Å²) in [4.78, 5) is 156. The van der Waals surface area contributed by atoms with E-state index in [9.17, 15) is 75.5 Å². The summed E-state index contributed by atoms with van der Waals surface area (Å²) in [5.41, 5.74) is 5.79. The van der Waals surface area contributed by atoms with Gasteiger partial charge in [-0.1, -0.05) is 22.9 Å². The number of benzene rings is 1. The van der Waals surface area contributed by atoms with Crippen LogP contribution in [0.5, 0.6) is 0 Å². The number of oxime groups is 2. The zero-order valence-electron chi connectivity index (χ0n) is 75.8. The summed E-state index contributed by atoms with van der Waals surface area (Å²) in [6.07, 6.45) is -0.854. The number of carbonyl (C=O) groups is 14. The van der Waals surface area contributed by atoms with Gasteiger partial charge in [-0.3, -0.25) is 24.0 Å². The van der Waals surface area contributed by atoms with Gasteiger partial charge in [0.25, 0.3) is 11.4 Å². The van der Waals surface area contributed by atoms with E-state index in [1.165, 1.54) is 59.8 Å². The van der Waals surface area contributed by atoms with Gasteiger partial charge >= 0.3 is 93.8 Å². The Balaban J connectivity index is -0.000000703. The molecule has 0 fully saturated rings. The normalized spacial score (nSPS) is 11.1. The van der Waals surface area contributed by atoms with Gasteiger partial charge in [0.2, 0.25) is 5.71 Å². The predicted molar refractivity (Wildman–Crippen MR) is 495 cm³/mol. The fraction of sp³-hybridized carbons (Fsp3) is 0.487. The molecule has 722 valence electrons.